The summed E-state index contributed by atoms with van der Waals surface area (Å²) < 4.78 is 52.0. The molecule has 0 aliphatic carbocycles. The molecule has 0 unspecified atom stereocenters. The maximum absolute atomic E-state index is 13.3. The van der Waals surface area contributed by atoms with Crippen molar-refractivity contribution in [2.75, 3.05) is 5.32 Å². The van der Waals surface area contributed by atoms with Gasteiger partial charge in [-0.05, 0) is 35.9 Å². The highest BCUT2D eigenvalue weighted by Crippen LogP contribution is 2.36. The van der Waals surface area contributed by atoms with Crippen molar-refractivity contribution in [2.24, 2.45) is 0 Å². The van der Waals surface area contributed by atoms with E-state index in [1.54, 1.807) is 0 Å². The number of rotatable bonds is 3. The first-order valence-electron chi connectivity index (χ1n) is 5.82. The molecule has 1 N–H and O–H groups in total. The van der Waals surface area contributed by atoms with Crippen LogP contribution in [-0.4, -0.2) is 0 Å². The fourth-order valence-electron chi connectivity index (χ4n) is 1.75. The number of alkyl halides is 3. The zero-order valence-electron chi connectivity index (χ0n) is 10.4. The third-order valence-electron chi connectivity index (χ3n) is 2.75. The predicted molar refractivity (Wildman–Crippen MR) is 75.2 cm³/mol. The van der Waals surface area contributed by atoms with E-state index < -0.39 is 17.6 Å². The molecule has 0 heterocycles. The lowest BCUT2D eigenvalue weighted by Crippen LogP contribution is -2.11. The molecule has 21 heavy (non-hydrogen) atoms. The molecule has 0 radical (unpaired) electrons. The molecule has 0 bridgehead atoms. The first kappa shape index (κ1) is 15.9. The van der Waals surface area contributed by atoms with E-state index in [2.05, 4.69) is 5.32 Å². The van der Waals surface area contributed by atoms with Crippen molar-refractivity contribution in [1.29, 1.82) is 0 Å². The van der Waals surface area contributed by atoms with Gasteiger partial charge in [0.05, 0.1) is 10.6 Å². The van der Waals surface area contributed by atoms with Crippen LogP contribution in [0.2, 0.25) is 10.0 Å². The molecule has 1 nitrogen and oxygen atoms in total. The summed E-state index contributed by atoms with van der Waals surface area (Å²) in [5, 5.41) is 2.57. The second-order valence-electron chi connectivity index (χ2n) is 4.29. The van der Waals surface area contributed by atoms with Crippen molar-refractivity contribution in [2.45, 2.75) is 12.7 Å². The van der Waals surface area contributed by atoms with Gasteiger partial charge in [-0.3, -0.25) is 0 Å². The van der Waals surface area contributed by atoms with Gasteiger partial charge in [0, 0.05) is 17.3 Å². The van der Waals surface area contributed by atoms with Crippen molar-refractivity contribution in [3.8, 4) is 0 Å². The lowest BCUT2D eigenvalue weighted by molar-refractivity contribution is -0.136. The molecule has 0 amide bonds. The van der Waals surface area contributed by atoms with E-state index in [-0.39, 0.29) is 22.3 Å². The minimum Gasteiger partial charge on any atom is -0.380 e. The molecule has 0 atom stereocenters. The largest absolute Gasteiger partial charge is 0.418 e. The summed E-state index contributed by atoms with van der Waals surface area (Å²) in [6.45, 7) is 0.0266. The summed E-state index contributed by atoms with van der Waals surface area (Å²) in [7, 11) is 0. The van der Waals surface area contributed by atoms with Crippen LogP contribution in [0, 0.1) is 5.82 Å². The standard InChI is InChI=1S/C14H9Cl2F4N/c15-9-2-4-13(10(6-9)14(18,19)20)21-7-8-1-3-11(16)12(17)5-8/h1-6,21H,7H2. The van der Waals surface area contributed by atoms with Gasteiger partial charge in [-0.25, -0.2) is 4.39 Å². The highest BCUT2D eigenvalue weighted by Gasteiger charge is 2.33. The number of benzene rings is 2. The minimum atomic E-state index is -4.53. The molecule has 0 spiro atoms. The highest BCUT2D eigenvalue weighted by molar-refractivity contribution is 6.31. The zero-order chi connectivity index (χ0) is 15.6. The Labute approximate surface area is 128 Å². The molecule has 2 rings (SSSR count). The molecular weight excluding hydrogens is 329 g/mol. The molecule has 0 saturated carbocycles. The van der Waals surface area contributed by atoms with Crippen LogP contribution in [-0.2, 0) is 12.7 Å². The third kappa shape index (κ3) is 4.02. The molecule has 0 aliphatic heterocycles. The van der Waals surface area contributed by atoms with E-state index in [4.69, 9.17) is 23.2 Å². The fraction of sp³-hybridized carbons (Fsp3) is 0.143. The monoisotopic (exact) mass is 337 g/mol. The third-order valence-corrected chi connectivity index (χ3v) is 3.30. The molecule has 0 aliphatic rings. The molecule has 112 valence electrons. The second-order valence-corrected chi connectivity index (χ2v) is 5.13. The van der Waals surface area contributed by atoms with Gasteiger partial charge in [0.2, 0.25) is 0 Å². The fourth-order valence-corrected chi connectivity index (χ4v) is 2.04. The Morgan fingerprint density at radius 2 is 1.71 bits per heavy atom. The van der Waals surface area contributed by atoms with Crippen molar-refractivity contribution >= 4 is 28.9 Å². The maximum Gasteiger partial charge on any atom is 0.418 e. The van der Waals surface area contributed by atoms with Crippen LogP contribution in [0.4, 0.5) is 23.2 Å². The Kier molecular flexibility index (Phi) is 4.64. The average Bonchev–Trinajstić information content (AvgIpc) is 2.40. The maximum atomic E-state index is 13.3. The Hall–Kier alpha value is -1.46. The summed E-state index contributed by atoms with van der Waals surface area (Å²) in [5.41, 5.74) is -0.522. The molecule has 0 fully saturated rings. The van der Waals surface area contributed by atoms with Gasteiger partial charge in [0.15, 0.2) is 0 Å². The smallest absolute Gasteiger partial charge is 0.380 e. The SMILES string of the molecule is Fc1cc(CNc2ccc(Cl)cc2C(F)(F)F)ccc1Cl. The van der Waals surface area contributed by atoms with E-state index in [0.29, 0.717) is 5.56 Å². The number of anilines is 1. The van der Waals surface area contributed by atoms with Gasteiger partial charge in [0.25, 0.3) is 0 Å². The van der Waals surface area contributed by atoms with E-state index in [0.717, 1.165) is 6.07 Å². The van der Waals surface area contributed by atoms with Crippen LogP contribution in [0.25, 0.3) is 0 Å². The molecular formula is C14H9Cl2F4N. The van der Waals surface area contributed by atoms with Crippen LogP contribution in [0.5, 0.6) is 0 Å². The van der Waals surface area contributed by atoms with Gasteiger partial charge in [-0.2, -0.15) is 13.2 Å². The molecule has 7 heteroatoms. The number of hydrogen-bond donors (Lipinski definition) is 1. The van der Waals surface area contributed by atoms with Crippen molar-refractivity contribution in [3.63, 3.8) is 0 Å². The van der Waals surface area contributed by atoms with Crippen LogP contribution >= 0.6 is 23.2 Å². The van der Waals surface area contributed by atoms with Gasteiger partial charge in [0.1, 0.15) is 5.82 Å². The van der Waals surface area contributed by atoms with Crippen LogP contribution in [0.15, 0.2) is 36.4 Å². The van der Waals surface area contributed by atoms with Gasteiger partial charge < -0.3 is 5.32 Å². The summed E-state index contributed by atoms with van der Waals surface area (Å²) in [4.78, 5) is 0. The quantitative estimate of drug-likeness (QED) is 0.701. The van der Waals surface area contributed by atoms with Crippen LogP contribution < -0.4 is 5.32 Å². The van der Waals surface area contributed by atoms with Crippen LogP contribution in [0.1, 0.15) is 11.1 Å². The summed E-state index contributed by atoms with van der Waals surface area (Å²) >= 11 is 11.1. The van der Waals surface area contributed by atoms with E-state index >= 15 is 0 Å². The van der Waals surface area contributed by atoms with Crippen molar-refractivity contribution in [3.05, 3.63) is 63.4 Å². The minimum absolute atomic E-state index is 0.00888. The lowest BCUT2D eigenvalue weighted by atomic mass is 10.1. The predicted octanol–water partition coefficient (Wildman–Crippen LogP) is 5.76. The summed E-state index contributed by atoms with van der Waals surface area (Å²) in [6.07, 6.45) is -4.53. The topological polar surface area (TPSA) is 12.0 Å². The van der Waals surface area contributed by atoms with Gasteiger partial charge in [-0.1, -0.05) is 29.3 Å². The highest BCUT2D eigenvalue weighted by atomic mass is 35.5. The van der Waals surface area contributed by atoms with Crippen molar-refractivity contribution < 1.29 is 17.6 Å². The van der Waals surface area contributed by atoms with Gasteiger partial charge in [-0.15, -0.1) is 0 Å². The Morgan fingerprint density at radius 1 is 1.00 bits per heavy atom. The molecule has 2 aromatic carbocycles. The number of nitrogens with one attached hydrogen (secondary N) is 1. The van der Waals surface area contributed by atoms with E-state index in [9.17, 15) is 17.6 Å². The summed E-state index contributed by atoms with van der Waals surface area (Å²) in [6, 6.07) is 7.46. The normalized spacial score (nSPS) is 11.5. The second kappa shape index (κ2) is 6.12. The van der Waals surface area contributed by atoms with E-state index in [1.807, 2.05) is 0 Å². The molecule has 0 aromatic heterocycles. The van der Waals surface area contributed by atoms with Gasteiger partial charge >= 0.3 is 6.18 Å². The average molecular weight is 338 g/mol. The first-order valence-corrected chi connectivity index (χ1v) is 6.57. The Bertz CT molecular complexity index is 656. The lowest BCUT2D eigenvalue weighted by Gasteiger charge is -2.15. The zero-order valence-corrected chi connectivity index (χ0v) is 12.0. The number of hydrogen-bond acceptors (Lipinski definition) is 1. The number of halogens is 6. The van der Waals surface area contributed by atoms with Crippen molar-refractivity contribution in [1.82, 2.24) is 0 Å². The first-order chi connectivity index (χ1) is 9.77. The molecule has 2 aromatic rings. The van der Waals surface area contributed by atoms with E-state index in [1.165, 1.54) is 30.3 Å². The van der Waals surface area contributed by atoms with Crippen LogP contribution in [0.3, 0.4) is 0 Å². The summed E-state index contributed by atoms with van der Waals surface area (Å²) in [5.74, 6) is -0.622. The Morgan fingerprint density at radius 3 is 2.33 bits per heavy atom. The Balaban J connectivity index is 2.22. The molecule has 0 saturated heterocycles.